The molecule has 8 nitrogen and oxygen atoms in total. The number of fused-ring (bicyclic) bond motifs is 4. The van der Waals surface area contributed by atoms with Gasteiger partial charge >= 0.3 is 0 Å². The number of nitrogens with zero attached hydrogens (tertiary/aromatic N) is 1. The quantitative estimate of drug-likeness (QED) is 0.107. The van der Waals surface area contributed by atoms with Crippen LogP contribution in [-0.4, -0.2) is 45.6 Å². The van der Waals surface area contributed by atoms with Gasteiger partial charge in [0, 0.05) is 10.4 Å². The van der Waals surface area contributed by atoms with Crippen molar-refractivity contribution >= 4 is 84.4 Å². The van der Waals surface area contributed by atoms with E-state index in [4.69, 9.17) is 27.9 Å². The molecule has 232 valence electrons. The van der Waals surface area contributed by atoms with Crippen LogP contribution >= 0.6 is 55.1 Å². The Bertz CT molecular complexity index is 1770. The highest BCUT2D eigenvalue weighted by atomic mass is 79.9. The minimum absolute atomic E-state index is 0.00844. The number of alkyl halides is 2. The molecule has 0 radical (unpaired) electrons. The molecule has 0 unspecified atom stereocenters. The number of hydrogen-bond acceptors (Lipinski definition) is 6. The molecule has 6 rings (SSSR count). The predicted octanol–water partition coefficient (Wildman–Crippen LogP) is 5.47. The van der Waals surface area contributed by atoms with E-state index < -0.39 is 104 Å². The Labute approximate surface area is 270 Å². The normalized spacial score (nSPS) is 31.0. The van der Waals surface area contributed by atoms with Crippen LogP contribution in [0.3, 0.4) is 0 Å². The van der Waals surface area contributed by atoms with Crippen LogP contribution in [0.1, 0.15) is 24.3 Å². The lowest BCUT2D eigenvalue weighted by atomic mass is 9.56. The maximum Gasteiger partial charge on any atom is 0.258 e. The molecule has 2 heterocycles. The molecule has 2 aromatic carbocycles. The Kier molecular flexibility index (Phi) is 7.19. The Balaban J connectivity index is 1.66. The van der Waals surface area contributed by atoms with E-state index in [1.165, 1.54) is 19.3 Å². The molecule has 2 aromatic rings. The summed E-state index contributed by atoms with van der Waals surface area (Å²) < 4.78 is 77.9. The fourth-order valence-electron chi connectivity index (χ4n) is 6.80. The van der Waals surface area contributed by atoms with Crippen molar-refractivity contribution in [3.8, 4) is 11.5 Å². The number of halogens is 9. The zero-order valence-electron chi connectivity index (χ0n) is 21.7. The Morgan fingerprint density at radius 2 is 1.52 bits per heavy atom. The summed E-state index contributed by atoms with van der Waals surface area (Å²) in [7, 11) is 1.21. The molecule has 3 fully saturated rings. The smallest absolute Gasteiger partial charge is 0.258 e. The number of phenols is 1. The molecule has 0 aromatic heterocycles. The van der Waals surface area contributed by atoms with Crippen LogP contribution in [0.15, 0.2) is 26.7 Å². The number of nitrogens with one attached hydrogen (secondary N) is 1. The van der Waals surface area contributed by atoms with E-state index in [0.717, 1.165) is 0 Å². The van der Waals surface area contributed by atoms with Crippen LogP contribution in [-0.2, 0) is 19.2 Å². The molecule has 2 N–H and O–H groups in total. The zero-order chi connectivity index (χ0) is 32.4. The summed E-state index contributed by atoms with van der Waals surface area (Å²) in [6.07, 6.45) is 0.894. The molecule has 0 bridgehead atoms. The largest absolute Gasteiger partial charge is 0.503 e. The predicted molar refractivity (Wildman–Crippen MR) is 150 cm³/mol. The van der Waals surface area contributed by atoms with Gasteiger partial charge < -0.3 is 9.84 Å². The Hall–Kier alpha value is -2.75. The monoisotopic (exact) mass is 786 g/mol. The van der Waals surface area contributed by atoms with Gasteiger partial charge in [-0.25, -0.2) is 26.9 Å². The second kappa shape index (κ2) is 10.1. The third kappa shape index (κ3) is 3.72. The summed E-state index contributed by atoms with van der Waals surface area (Å²) in [6, 6.07) is 1.24. The average Bonchev–Trinajstić information content (AvgIpc) is 3.36. The van der Waals surface area contributed by atoms with Gasteiger partial charge in [-0.05, 0) is 62.2 Å². The lowest BCUT2D eigenvalue weighted by Gasteiger charge is -2.51. The molecule has 4 amide bonds. The standard InChI is InChI=1S/C27H15Br2Cl2F5N2O6/c1-44-10-4-8(13(28)14(29)21(10)39)12-6-2-3-7-11(23(41)37-22(7)40)9(6)5-26(30)24(42)38(25(43)27(12,26)31)20-18(35)16(33)15(32)17(34)19(20)36/h2,4,7,9,11-12,39H,3,5H2,1H3,(H,37,40,41)/t7-,9+,11-,12+,26+,27-/m0/s1. The molecular weight excluding hydrogens is 774 g/mol. The van der Waals surface area contributed by atoms with Gasteiger partial charge in [-0.15, -0.1) is 23.2 Å². The minimum atomic E-state index is -2.72. The maximum atomic E-state index is 15.1. The SMILES string of the molecule is COc1cc([C@H]2C3=CC[C@@H]4C(=O)NC(=O)[C@@H]4[C@@H]3C[C@@]3(Cl)C(=O)N(c4c(F)c(F)c(F)c(F)c4F)C(=O)[C@@]23Cl)c(Br)c(Br)c1O. The van der Waals surface area contributed by atoms with E-state index in [0.29, 0.717) is 0 Å². The second-order valence-electron chi connectivity index (χ2n) is 10.7. The number of amides is 4. The number of imide groups is 2. The number of methoxy groups -OCH3 is 1. The Morgan fingerprint density at radius 3 is 2.11 bits per heavy atom. The molecule has 6 atom stereocenters. The van der Waals surface area contributed by atoms with Crippen molar-refractivity contribution < 1.29 is 51.0 Å². The van der Waals surface area contributed by atoms with Crippen LogP contribution in [0.4, 0.5) is 27.6 Å². The molecule has 1 saturated carbocycles. The van der Waals surface area contributed by atoms with Gasteiger partial charge in [-0.1, -0.05) is 11.6 Å². The van der Waals surface area contributed by atoms with Crippen LogP contribution in [0.2, 0.25) is 0 Å². The van der Waals surface area contributed by atoms with Crippen LogP contribution in [0, 0.1) is 46.8 Å². The van der Waals surface area contributed by atoms with Gasteiger partial charge in [0.15, 0.2) is 44.5 Å². The van der Waals surface area contributed by atoms with Crippen LogP contribution in [0.5, 0.6) is 11.5 Å². The number of rotatable bonds is 3. The van der Waals surface area contributed by atoms with Crippen molar-refractivity contribution in [1.29, 1.82) is 0 Å². The molecule has 4 aliphatic rings. The molecule has 17 heteroatoms. The number of anilines is 1. The van der Waals surface area contributed by atoms with E-state index in [1.54, 1.807) is 0 Å². The highest BCUT2D eigenvalue weighted by molar-refractivity contribution is 9.13. The van der Waals surface area contributed by atoms with E-state index >= 15 is 8.78 Å². The van der Waals surface area contributed by atoms with Crippen molar-refractivity contribution in [2.75, 3.05) is 12.0 Å². The van der Waals surface area contributed by atoms with E-state index in [2.05, 4.69) is 37.2 Å². The molecule has 2 saturated heterocycles. The number of allylic oxidation sites excluding steroid dienone is 2. The summed E-state index contributed by atoms with van der Waals surface area (Å²) in [6.45, 7) is 0. The molecular formula is C27H15Br2Cl2F5N2O6. The number of ether oxygens (including phenoxy) is 1. The molecule has 2 aliphatic heterocycles. The summed E-state index contributed by atoms with van der Waals surface area (Å²) >= 11 is 20.6. The number of hydrogen-bond donors (Lipinski definition) is 2. The number of benzene rings is 2. The van der Waals surface area contributed by atoms with Crippen molar-refractivity contribution in [3.05, 3.63) is 61.3 Å². The van der Waals surface area contributed by atoms with Crippen molar-refractivity contribution in [3.63, 3.8) is 0 Å². The Morgan fingerprint density at radius 1 is 0.932 bits per heavy atom. The highest BCUT2D eigenvalue weighted by Crippen LogP contribution is 2.67. The zero-order valence-corrected chi connectivity index (χ0v) is 26.4. The lowest BCUT2D eigenvalue weighted by molar-refractivity contribution is -0.127. The maximum absolute atomic E-state index is 15.1. The van der Waals surface area contributed by atoms with Crippen molar-refractivity contribution in [1.82, 2.24) is 5.32 Å². The van der Waals surface area contributed by atoms with Crippen molar-refractivity contribution in [2.24, 2.45) is 17.8 Å². The van der Waals surface area contributed by atoms with Gasteiger partial charge in [0.25, 0.3) is 11.8 Å². The van der Waals surface area contributed by atoms with Crippen molar-refractivity contribution in [2.45, 2.75) is 28.5 Å². The third-order valence-corrected chi connectivity index (χ3v) is 12.3. The van der Waals surface area contributed by atoms with E-state index in [1.807, 2.05) is 0 Å². The molecule has 2 aliphatic carbocycles. The van der Waals surface area contributed by atoms with Crippen LogP contribution < -0.4 is 15.0 Å². The highest BCUT2D eigenvalue weighted by Gasteiger charge is 2.77. The topological polar surface area (TPSA) is 113 Å². The van der Waals surface area contributed by atoms with E-state index in [-0.39, 0.29) is 37.2 Å². The van der Waals surface area contributed by atoms with Gasteiger partial charge in [0.05, 0.1) is 23.4 Å². The summed E-state index contributed by atoms with van der Waals surface area (Å²) in [5.41, 5.74) is -1.61. The summed E-state index contributed by atoms with van der Waals surface area (Å²) in [5.74, 6) is -22.0. The summed E-state index contributed by atoms with van der Waals surface area (Å²) in [5, 5.41) is 12.8. The van der Waals surface area contributed by atoms with E-state index in [9.17, 15) is 37.5 Å². The first-order valence-corrected chi connectivity index (χ1v) is 15.0. The first kappa shape index (κ1) is 31.2. The number of carbonyl (C=O) groups excluding carboxylic acids is 4. The number of phenolic OH excluding ortho intramolecular Hbond substituents is 1. The number of aromatic hydroxyl groups is 1. The first-order valence-electron chi connectivity index (χ1n) is 12.6. The fourth-order valence-corrected chi connectivity index (χ4v) is 8.68. The third-order valence-electron chi connectivity index (χ3n) is 8.77. The average molecular weight is 789 g/mol. The summed E-state index contributed by atoms with van der Waals surface area (Å²) in [4.78, 5) is 48.2. The van der Waals surface area contributed by atoms with Crippen LogP contribution in [0.25, 0.3) is 0 Å². The van der Waals surface area contributed by atoms with Gasteiger partial charge in [-0.3, -0.25) is 24.5 Å². The molecule has 0 spiro atoms. The lowest BCUT2D eigenvalue weighted by Crippen LogP contribution is -2.60. The minimum Gasteiger partial charge on any atom is -0.503 e. The van der Waals surface area contributed by atoms with Gasteiger partial charge in [-0.2, -0.15) is 0 Å². The number of carbonyl (C=O) groups is 4. The molecule has 44 heavy (non-hydrogen) atoms. The van der Waals surface area contributed by atoms with Gasteiger partial charge in [0.1, 0.15) is 5.69 Å². The van der Waals surface area contributed by atoms with Gasteiger partial charge in [0.2, 0.25) is 17.6 Å². The fraction of sp³-hybridized carbons (Fsp3) is 0.333. The second-order valence-corrected chi connectivity index (χ2v) is 13.5. The first-order chi connectivity index (χ1) is 20.5.